The Morgan fingerprint density at radius 1 is 0.882 bits per heavy atom. The zero-order chi connectivity index (χ0) is 12.8. The van der Waals surface area contributed by atoms with Crippen molar-refractivity contribution < 1.29 is 4.39 Å². The minimum absolute atomic E-state index is 0.284. The van der Waals surface area contributed by atoms with Gasteiger partial charge in [-0.05, 0) is 27.7 Å². The largest absolute Gasteiger partial charge is 0.353 e. The predicted octanol–water partition coefficient (Wildman–Crippen LogP) is 1.70. The lowest BCUT2D eigenvalue weighted by molar-refractivity contribution is 0.545. The van der Waals surface area contributed by atoms with Gasteiger partial charge in [-0.3, -0.25) is 0 Å². The molecule has 0 spiro atoms. The molecule has 0 aliphatic carbocycles. The van der Waals surface area contributed by atoms with E-state index in [1.165, 1.54) is 0 Å². The zero-order valence-electron chi connectivity index (χ0n) is 10.9. The Balaban J connectivity index is 3.09. The molecule has 96 valence electrons. The lowest BCUT2D eigenvalue weighted by Gasteiger charge is -2.22. The molecule has 0 amide bonds. The van der Waals surface area contributed by atoms with E-state index in [0.29, 0.717) is 19.0 Å². The smallest absolute Gasteiger partial charge is 0.275 e. The van der Waals surface area contributed by atoms with Gasteiger partial charge in [0.15, 0.2) is 5.82 Å². The summed E-state index contributed by atoms with van der Waals surface area (Å²) in [6.45, 7) is 10.9. The second-order valence-electron chi connectivity index (χ2n) is 3.57. The number of halogens is 1. The van der Waals surface area contributed by atoms with Crippen LogP contribution in [0.25, 0.3) is 0 Å². The number of rotatable bonds is 6. The SMILES string of the molecule is CCN(CC)c1nnc(F)c(N(CC)CC)n1. The van der Waals surface area contributed by atoms with Gasteiger partial charge in [0.05, 0.1) is 0 Å². The molecule has 0 N–H and O–H groups in total. The Morgan fingerprint density at radius 3 is 1.88 bits per heavy atom. The predicted molar refractivity (Wildman–Crippen MR) is 66.9 cm³/mol. The zero-order valence-corrected chi connectivity index (χ0v) is 10.9. The first-order valence-electron chi connectivity index (χ1n) is 6.07. The lowest BCUT2D eigenvalue weighted by atomic mass is 10.5. The van der Waals surface area contributed by atoms with Gasteiger partial charge in [0.1, 0.15) is 0 Å². The molecule has 5 nitrogen and oxygen atoms in total. The summed E-state index contributed by atoms with van der Waals surface area (Å²) in [6, 6.07) is 0. The molecule has 0 fully saturated rings. The van der Waals surface area contributed by atoms with E-state index in [9.17, 15) is 4.39 Å². The van der Waals surface area contributed by atoms with Crippen LogP contribution in [0.1, 0.15) is 27.7 Å². The molecule has 0 saturated heterocycles. The van der Waals surface area contributed by atoms with E-state index in [2.05, 4.69) is 15.2 Å². The summed E-state index contributed by atoms with van der Waals surface area (Å²) >= 11 is 0. The molecule has 1 aromatic rings. The van der Waals surface area contributed by atoms with Crippen molar-refractivity contribution in [3.05, 3.63) is 5.95 Å². The highest BCUT2D eigenvalue weighted by Crippen LogP contribution is 2.16. The van der Waals surface area contributed by atoms with Crippen LogP contribution >= 0.6 is 0 Å². The second kappa shape index (κ2) is 6.32. The molecule has 1 heterocycles. The maximum Gasteiger partial charge on any atom is 0.275 e. The number of hydrogen-bond donors (Lipinski definition) is 0. The fraction of sp³-hybridized carbons (Fsp3) is 0.727. The third-order valence-corrected chi connectivity index (χ3v) is 2.73. The topological polar surface area (TPSA) is 45.2 Å². The summed E-state index contributed by atoms with van der Waals surface area (Å²) in [6.07, 6.45) is 0. The van der Waals surface area contributed by atoms with E-state index in [1.54, 1.807) is 0 Å². The van der Waals surface area contributed by atoms with Crippen molar-refractivity contribution in [2.24, 2.45) is 0 Å². The highest BCUT2D eigenvalue weighted by molar-refractivity contribution is 5.42. The third-order valence-electron chi connectivity index (χ3n) is 2.73. The number of anilines is 2. The van der Waals surface area contributed by atoms with Gasteiger partial charge < -0.3 is 9.80 Å². The average molecular weight is 241 g/mol. The van der Waals surface area contributed by atoms with Gasteiger partial charge in [0, 0.05) is 26.2 Å². The molecule has 0 radical (unpaired) electrons. The van der Waals surface area contributed by atoms with Gasteiger partial charge in [0.2, 0.25) is 5.95 Å². The molecule has 0 saturated carbocycles. The van der Waals surface area contributed by atoms with E-state index >= 15 is 0 Å². The Bertz CT molecular complexity index is 350. The summed E-state index contributed by atoms with van der Waals surface area (Å²) in [5.41, 5.74) is 0. The van der Waals surface area contributed by atoms with Crippen LogP contribution in [0, 0.1) is 5.95 Å². The molecule has 17 heavy (non-hydrogen) atoms. The molecule has 6 heteroatoms. The van der Waals surface area contributed by atoms with Crippen molar-refractivity contribution in [2.45, 2.75) is 27.7 Å². The van der Waals surface area contributed by atoms with Crippen LogP contribution < -0.4 is 9.80 Å². The van der Waals surface area contributed by atoms with Gasteiger partial charge in [-0.2, -0.15) is 9.37 Å². The third kappa shape index (κ3) is 3.01. The molecule has 0 bridgehead atoms. The van der Waals surface area contributed by atoms with Gasteiger partial charge in [-0.15, -0.1) is 10.2 Å². The fourth-order valence-corrected chi connectivity index (χ4v) is 1.66. The van der Waals surface area contributed by atoms with Crippen LogP contribution in [0.15, 0.2) is 0 Å². The minimum atomic E-state index is -0.607. The molecule has 1 aromatic heterocycles. The molecular weight excluding hydrogens is 221 g/mol. The molecule has 0 aliphatic heterocycles. The van der Waals surface area contributed by atoms with E-state index in [1.807, 2.05) is 37.5 Å². The highest BCUT2D eigenvalue weighted by Gasteiger charge is 2.16. The van der Waals surface area contributed by atoms with Crippen molar-refractivity contribution >= 4 is 11.8 Å². The first kappa shape index (κ1) is 13.6. The van der Waals surface area contributed by atoms with Crippen molar-refractivity contribution in [1.29, 1.82) is 0 Å². The molecule has 0 aromatic carbocycles. The van der Waals surface area contributed by atoms with Crippen LogP contribution in [-0.4, -0.2) is 41.4 Å². The van der Waals surface area contributed by atoms with E-state index < -0.39 is 5.95 Å². The molecule has 0 atom stereocenters. The van der Waals surface area contributed by atoms with E-state index in [0.717, 1.165) is 13.1 Å². The number of hydrogen-bond acceptors (Lipinski definition) is 5. The normalized spacial score (nSPS) is 10.4. The van der Waals surface area contributed by atoms with Gasteiger partial charge in [-0.25, -0.2) is 0 Å². The van der Waals surface area contributed by atoms with Crippen molar-refractivity contribution in [1.82, 2.24) is 15.2 Å². The quantitative estimate of drug-likeness (QED) is 0.758. The number of nitrogens with zero attached hydrogens (tertiary/aromatic N) is 5. The Morgan fingerprint density at radius 2 is 1.41 bits per heavy atom. The first-order chi connectivity index (χ1) is 8.17. The number of aromatic nitrogens is 3. The lowest BCUT2D eigenvalue weighted by Crippen LogP contribution is -2.29. The summed E-state index contributed by atoms with van der Waals surface area (Å²) in [7, 11) is 0. The van der Waals surface area contributed by atoms with Crippen LogP contribution in [0.4, 0.5) is 16.2 Å². The monoisotopic (exact) mass is 241 g/mol. The van der Waals surface area contributed by atoms with E-state index in [4.69, 9.17) is 0 Å². The molecular formula is C11H20FN5. The van der Waals surface area contributed by atoms with E-state index in [-0.39, 0.29) is 5.82 Å². The maximum absolute atomic E-state index is 13.6. The van der Waals surface area contributed by atoms with Crippen LogP contribution in [0.2, 0.25) is 0 Å². The molecule has 1 rings (SSSR count). The van der Waals surface area contributed by atoms with Gasteiger partial charge >= 0.3 is 0 Å². The maximum atomic E-state index is 13.6. The standard InChI is InChI=1S/C11H20FN5/c1-5-16(6-2)10-9(12)14-15-11(13-10)17(7-3)8-4/h5-8H2,1-4H3. The summed E-state index contributed by atoms with van der Waals surface area (Å²) in [4.78, 5) is 8.03. The van der Waals surface area contributed by atoms with Crippen LogP contribution in [0.5, 0.6) is 0 Å². The Labute approximate surface area is 102 Å². The van der Waals surface area contributed by atoms with Crippen molar-refractivity contribution in [3.63, 3.8) is 0 Å². The summed E-state index contributed by atoms with van der Waals surface area (Å²) in [5.74, 6) is 0.162. The van der Waals surface area contributed by atoms with Crippen molar-refractivity contribution in [2.75, 3.05) is 36.0 Å². The first-order valence-corrected chi connectivity index (χ1v) is 6.07. The molecule has 0 aliphatic rings. The highest BCUT2D eigenvalue weighted by atomic mass is 19.1. The summed E-state index contributed by atoms with van der Waals surface area (Å²) < 4.78 is 13.6. The van der Waals surface area contributed by atoms with Crippen molar-refractivity contribution in [3.8, 4) is 0 Å². The second-order valence-corrected chi connectivity index (χ2v) is 3.57. The molecule has 0 unspecified atom stereocenters. The van der Waals surface area contributed by atoms with Gasteiger partial charge in [0.25, 0.3) is 5.95 Å². The van der Waals surface area contributed by atoms with Crippen LogP contribution in [0.3, 0.4) is 0 Å². The minimum Gasteiger partial charge on any atom is -0.353 e. The average Bonchev–Trinajstić information content (AvgIpc) is 2.35. The van der Waals surface area contributed by atoms with Crippen LogP contribution in [-0.2, 0) is 0 Å². The summed E-state index contributed by atoms with van der Waals surface area (Å²) in [5, 5.41) is 7.35. The van der Waals surface area contributed by atoms with Gasteiger partial charge in [-0.1, -0.05) is 0 Å². The Hall–Kier alpha value is -1.46. The fourth-order valence-electron chi connectivity index (χ4n) is 1.66. The Kier molecular flexibility index (Phi) is 5.06.